The van der Waals surface area contributed by atoms with E-state index in [1.54, 1.807) is 12.1 Å². The minimum Gasteiger partial charge on any atom is -0.466 e. The third kappa shape index (κ3) is 5.08. The summed E-state index contributed by atoms with van der Waals surface area (Å²) in [6, 6.07) is 7.25. The van der Waals surface area contributed by atoms with Crippen LogP contribution in [0.5, 0.6) is 0 Å². The predicted octanol–water partition coefficient (Wildman–Crippen LogP) is 3.64. The quantitative estimate of drug-likeness (QED) is 0.325. The molecule has 0 spiro atoms. The van der Waals surface area contributed by atoms with Crippen LogP contribution in [0, 0.1) is 0 Å². The van der Waals surface area contributed by atoms with E-state index in [9.17, 15) is 9.59 Å². The van der Waals surface area contributed by atoms with Crippen LogP contribution in [0.4, 0.5) is 0 Å². The Hall–Kier alpha value is -1.90. The molecule has 0 unspecified atom stereocenters. The fourth-order valence-corrected chi connectivity index (χ4v) is 1.84. The molecule has 19 heavy (non-hydrogen) atoms. The Morgan fingerprint density at radius 3 is 2.42 bits per heavy atom. The molecule has 0 aliphatic heterocycles. The van der Waals surface area contributed by atoms with Crippen molar-refractivity contribution in [3.8, 4) is 0 Å². The number of carbonyl (C=O) groups excluding carboxylic acids is 2. The Kier molecular flexibility index (Phi) is 6.58. The van der Waals surface area contributed by atoms with Gasteiger partial charge in [0.2, 0.25) is 0 Å². The third-order valence-corrected chi connectivity index (χ3v) is 2.96. The van der Waals surface area contributed by atoms with Gasteiger partial charge in [0, 0.05) is 11.6 Å². The van der Waals surface area contributed by atoms with Crippen LogP contribution < -0.4 is 0 Å². The normalized spacial score (nSPS) is 11.2. The van der Waals surface area contributed by atoms with Gasteiger partial charge >= 0.3 is 5.97 Å². The summed E-state index contributed by atoms with van der Waals surface area (Å²) in [5.74, 6) is -0.342. The monoisotopic (exact) mass is 260 g/mol. The topological polar surface area (TPSA) is 43.4 Å². The molecule has 102 valence electrons. The standard InChI is InChI=1S/C16H20O3/c1-3-4-5-6-15(11-16(18)19-2)14-9-7-13(12-17)8-10-14/h7-12H,3-6H2,1-2H3/b15-11+. The zero-order chi connectivity index (χ0) is 14.1. The molecule has 0 saturated carbocycles. The summed E-state index contributed by atoms with van der Waals surface area (Å²) in [6.07, 6.45) is 6.48. The molecule has 0 amide bonds. The lowest BCUT2D eigenvalue weighted by Crippen LogP contribution is -1.98. The van der Waals surface area contributed by atoms with Gasteiger partial charge in [-0.1, -0.05) is 44.0 Å². The van der Waals surface area contributed by atoms with Crippen LogP contribution in [-0.2, 0) is 9.53 Å². The molecular weight excluding hydrogens is 240 g/mol. The van der Waals surface area contributed by atoms with Crippen LogP contribution in [0.25, 0.3) is 5.57 Å². The minimum absolute atomic E-state index is 0.342. The Labute approximate surface area is 114 Å². The number of unbranched alkanes of at least 4 members (excludes halogenated alkanes) is 2. The summed E-state index contributed by atoms with van der Waals surface area (Å²) in [7, 11) is 1.37. The van der Waals surface area contributed by atoms with Crippen LogP contribution in [0.1, 0.15) is 48.5 Å². The number of hydrogen-bond donors (Lipinski definition) is 0. The highest BCUT2D eigenvalue weighted by Gasteiger charge is 2.05. The molecule has 3 heteroatoms. The van der Waals surface area contributed by atoms with Crippen LogP contribution >= 0.6 is 0 Å². The molecule has 0 heterocycles. The molecule has 0 bridgehead atoms. The van der Waals surface area contributed by atoms with E-state index in [4.69, 9.17) is 0 Å². The maximum Gasteiger partial charge on any atom is 0.330 e. The fraction of sp³-hybridized carbons (Fsp3) is 0.375. The van der Waals surface area contributed by atoms with Crippen molar-refractivity contribution in [3.05, 3.63) is 41.5 Å². The van der Waals surface area contributed by atoms with Gasteiger partial charge in [-0.25, -0.2) is 4.79 Å². The SMILES string of the molecule is CCCCC/C(=C\C(=O)OC)c1ccc(C=O)cc1. The van der Waals surface area contributed by atoms with Gasteiger partial charge in [-0.2, -0.15) is 0 Å². The zero-order valence-electron chi connectivity index (χ0n) is 11.5. The van der Waals surface area contributed by atoms with E-state index in [0.717, 1.165) is 43.1 Å². The Balaban J connectivity index is 2.90. The van der Waals surface area contributed by atoms with E-state index in [0.29, 0.717) is 5.56 Å². The Morgan fingerprint density at radius 1 is 1.21 bits per heavy atom. The summed E-state index contributed by atoms with van der Waals surface area (Å²) in [4.78, 5) is 22.0. The number of ether oxygens (including phenoxy) is 1. The first-order chi connectivity index (χ1) is 9.21. The molecule has 0 aliphatic rings. The van der Waals surface area contributed by atoms with Crippen LogP contribution in [-0.4, -0.2) is 19.4 Å². The second-order valence-electron chi connectivity index (χ2n) is 4.39. The van der Waals surface area contributed by atoms with Crippen molar-refractivity contribution < 1.29 is 14.3 Å². The number of esters is 1. The fourth-order valence-electron chi connectivity index (χ4n) is 1.84. The van der Waals surface area contributed by atoms with E-state index in [1.807, 2.05) is 12.1 Å². The maximum atomic E-state index is 11.4. The number of benzene rings is 1. The first-order valence-corrected chi connectivity index (χ1v) is 6.55. The minimum atomic E-state index is -0.342. The van der Waals surface area contributed by atoms with Gasteiger partial charge in [-0.15, -0.1) is 0 Å². The van der Waals surface area contributed by atoms with Gasteiger partial charge in [0.1, 0.15) is 6.29 Å². The summed E-state index contributed by atoms with van der Waals surface area (Å²) in [6.45, 7) is 2.14. The van der Waals surface area contributed by atoms with Crippen LogP contribution in [0.2, 0.25) is 0 Å². The van der Waals surface area contributed by atoms with E-state index in [-0.39, 0.29) is 5.97 Å². The highest BCUT2D eigenvalue weighted by atomic mass is 16.5. The number of allylic oxidation sites excluding steroid dienone is 1. The van der Waals surface area contributed by atoms with Crippen LogP contribution in [0.3, 0.4) is 0 Å². The van der Waals surface area contributed by atoms with Crippen molar-refractivity contribution in [1.29, 1.82) is 0 Å². The van der Waals surface area contributed by atoms with Gasteiger partial charge in [-0.05, 0) is 24.0 Å². The number of aldehydes is 1. The van der Waals surface area contributed by atoms with Gasteiger partial charge in [0.05, 0.1) is 7.11 Å². The van der Waals surface area contributed by atoms with Crippen molar-refractivity contribution in [1.82, 2.24) is 0 Å². The van der Waals surface area contributed by atoms with Gasteiger partial charge in [-0.3, -0.25) is 4.79 Å². The van der Waals surface area contributed by atoms with E-state index in [2.05, 4.69) is 11.7 Å². The highest BCUT2D eigenvalue weighted by Crippen LogP contribution is 2.21. The van der Waals surface area contributed by atoms with E-state index in [1.165, 1.54) is 13.2 Å². The predicted molar refractivity (Wildman–Crippen MR) is 76.0 cm³/mol. The highest BCUT2D eigenvalue weighted by molar-refractivity contribution is 5.91. The molecule has 0 aliphatic carbocycles. The lowest BCUT2D eigenvalue weighted by Gasteiger charge is -2.07. The molecule has 0 atom stereocenters. The molecule has 3 nitrogen and oxygen atoms in total. The largest absolute Gasteiger partial charge is 0.466 e. The van der Waals surface area contributed by atoms with Gasteiger partial charge in [0.25, 0.3) is 0 Å². The molecule has 1 aromatic carbocycles. The Morgan fingerprint density at radius 2 is 1.89 bits per heavy atom. The number of methoxy groups -OCH3 is 1. The third-order valence-electron chi connectivity index (χ3n) is 2.96. The van der Waals surface area contributed by atoms with E-state index < -0.39 is 0 Å². The molecule has 0 fully saturated rings. The van der Waals surface area contributed by atoms with Crippen molar-refractivity contribution in [3.63, 3.8) is 0 Å². The number of carbonyl (C=O) groups is 2. The number of rotatable bonds is 7. The summed E-state index contributed by atoms with van der Waals surface area (Å²) < 4.78 is 4.68. The summed E-state index contributed by atoms with van der Waals surface area (Å²) >= 11 is 0. The molecule has 0 aromatic heterocycles. The first-order valence-electron chi connectivity index (χ1n) is 6.55. The molecule has 0 radical (unpaired) electrons. The second-order valence-corrected chi connectivity index (χ2v) is 4.39. The second kappa shape index (κ2) is 8.25. The average Bonchev–Trinajstić information content (AvgIpc) is 2.46. The molecule has 1 rings (SSSR count). The smallest absolute Gasteiger partial charge is 0.330 e. The average molecular weight is 260 g/mol. The molecular formula is C16H20O3. The van der Waals surface area contributed by atoms with Gasteiger partial charge < -0.3 is 4.74 Å². The Bertz CT molecular complexity index is 444. The molecule has 1 aromatic rings. The van der Waals surface area contributed by atoms with Crippen molar-refractivity contribution in [2.24, 2.45) is 0 Å². The van der Waals surface area contributed by atoms with Crippen molar-refractivity contribution >= 4 is 17.8 Å². The van der Waals surface area contributed by atoms with Crippen molar-refractivity contribution in [2.45, 2.75) is 32.6 Å². The first kappa shape index (κ1) is 15.2. The number of hydrogen-bond acceptors (Lipinski definition) is 3. The summed E-state index contributed by atoms with van der Waals surface area (Å²) in [5.41, 5.74) is 2.56. The van der Waals surface area contributed by atoms with Gasteiger partial charge in [0.15, 0.2) is 0 Å². The van der Waals surface area contributed by atoms with Crippen molar-refractivity contribution in [2.75, 3.05) is 7.11 Å². The molecule has 0 N–H and O–H groups in total. The summed E-state index contributed by atoms with van der Waals surface area (Å²) in [5, 5.41) is 0. The zero-order valence-corrected chi connectivity index (χ0v) is 11.5. The lowest BCUT2D eigenvalue weighted by atomic mass is 9.98. The maximum absolute atomic E-state index is 11.4. The van der Waals surface area contributed by atoms with E-state index >= 15 is 0 Å². The van der Waals surface area contributed by atoms with Crippen LogP contribution in [0.15, 0.2) is 30.3 Å². The lowest BCUT2D eigenvalue weighted by molar-refractivity contribution is -0.134. The molecule has 0 saturated heterocycles.